The van der Waals surface area contributed by atoms with Crippen molar-refractivity contribution in [3.63, 3.8) is 0 Å². The molecule has 0 atom stereocenters. The highest BCUT2D eigenvalue weighted by Crippen LogP contribution is 2.00. The molecule has 74 valence electrons. The number of hydrogen-bond donors (Lipinski definition) is 0. The van der Waals surface area contributed by atoms with Crippen molar-refractivity contribution in [2.75, 3.05) is 46.4 Å². The lowest BCUT2D eigenvalue weighted by atomic mass is 10.3. The van der Waals surface area contributed by atoms with Crippen LogP contribution in [0.5, 0.6) is 0 Å². The summed E-state index contributed by atoms with van der Waals surface area (Å²) in [5.74, 6) is -0.314. The second kappa shape index (κ2) is 5.19. The normalized spacial score (nSPS) is 19.1. The molecule has 4 nitrogen and oxygen atoms in total. The number of piperazine rings is 1. The summed E-state index contributed by atoms with van der Waals surface area (Å²) in [4.78, 5) is 14.7. The van der Waals surface area contributed by atoms with Gasteiger partial charge in [0.25, 0.3) is 0 Å². The molecule has 0 aromatic heterocycles. The van der Waals surface area contributed by atoms with Gasteiger partial charge in [-0.1, -0.05) is 0 Å². The van der Waals surface area contributed by atoms with E-state index in [4.69, 9.17) is 11.7 Å². The predicted molar refractivity (Wildman–Crippen MR) is 49.2 cm³/mol. The first-order chi connectivity index (χ1) is 6.24. The van der Waals surface area contributed by atoms with Crippen LogP contribution in [0.15, 0.2) is 0 Å². The van der Waals surface area contributed by atoms with Crippen LogP contribution in [0.4, 0.5) is 0 Å². The average Bonchev–Trinajstić information content (AvgIpc) is 2.15. The molecule has 1 heterocycles. The Morgan fingerprint density at radius 1 is 1.38 bits per heavy atom. The predicted octanol–water partition coefficient (Wildman–Crippen LogP) is -0.512. The van der Waals surface area contributed by atoms with Crippen LogP contribution in [0.1, 0.15) is 0 Å². The number of ether oxygens (including phenoxy) is 1. The number of carbonyl (C=O) groups excluding carboxylic acids is 1. The van der Waals surface area contributed by atoms with E-state index in [1.54, 1.807) is 12.0 Å². The summed E-state index contributed by atoms with van der Waals surface area (Å²) in [6.45, 7) is 10.1. The van der Waals surface area contributed by atoms with Crippen molar-refractivity contribution >= 4 is 5.91 Å². The van der Waals surface area contributed by atoms with E-state index in [1.165, 1.54) is 0 Å². The molecule has 0 aromatic rings. The standard InChI is InChI=1S/C9H16N2O2/c1-9(12)11-5-3-10(4-6-11)7-8-13-2/h1H,3-8H2,2H3. The summed E-state index contributed by atoms with van der Waals surface area (Å²) in [7, 11) is 1.69. The molecule has 0 bridgehead atoms. The van der Waals surface area contributed by atoms with E-state index < -0.39 is 0 Å². The van der Waals surface area contributed by atoms with Gasteiger partial charge in [-0.05, 0) is 0 Å². The van der Waals surface area contributed by atoms with Crippen molar-refractivity contribution in [1.29, 1.82) is 0 Å². The Balaban J connectivity index is 2.18. The van der Waals surface area contributed by atoms with Crippen LogP contribution in [0, 0.1) is 6.92 Å². The molecule has 0 N–H and O–H groups in total. The van der Waals surface area contributed by atoms with Crippen LogP contribution in [0.2, 0.25) is 0 Å². The van der Waals surface area contributed by atoms with E-state index in [2.05, 4.69) is 4.90 Å². The van der Waals surface area contributed by atoms with Crippen molar-refractivity contribution in [1.82, 2.24) is 9.80 Å². The van der Waals surface area contributed by atoms with Crippen molar-refractivity contribution in [2.24, 2.45) is 0 Å². The minimum absolute atomic E-state index is 0.314. The summed E-state index contributed by atoms with van der Waals surface area (Å²) in [5, 5.41) is 0. The Hall–Kier alpha value is -0.610. The molecule has 1 amide bonds. The second-order valence-corrected chi connectivity index (χ2v) is 3.16. The molecule has 0 aromatic carbocycles. The van der Waals surface area contributed by atoms with E-state index in [0.29, 0.717) is 0 Å². The van der Waals surface area contributed by atoms with Crippen LogP contribution in [-0.2, 0) is 9.53 Å². The molecule has 0 spiro atoms. The smallest absolute Gasteiger partial charge is 0.227 e. The Morgan fingerprint density at radius 2 is 2.00 bits per heavy atom. The maximum Gasteiger partial charge on any atom is 0.227 e. The Kier molecular flexibility index (Phi) is 4.18. The highest BCUT2D eigenvalue weighted by Gasteiger charge is 2.17. The van der Waals surface area contributed by atoms with E-state index in [9.17, 15) is 4.79 Å². The lowest BCUT2D eigenvalue weighted by molar-refractivity contribution is -0.128. The van der Waals surface area contributed by atoms with Gasteiger partial charge in [0.2, 0.25) is 5.91 Å². The number of rotatable bonds is 3. The largest absolute Gasteiger partial charge is 0.383 e. The highest BCUT2D eigenvalue weighted by atomic mass is 16.5. The Morgan fingerprint density at radius 3 is 2.46 bits per heavy atom. The monoisotopic (exact) mass is 184 g/mol. The van der Waals surface area contributed by atoms with Crippen molar-refractivity contribution in [3.05, 3.63) is 6.92 Å². The maximum atomic E-state index is 10.8. The van der Waals surface area contributed by atoms with E-state index in [-0.39, 0.29) is 5.91 Å². The number of hydrogen-bond acceptors (Lipinski definition) is 3. The third kappa shape index (κ3) is 3.32. The molecule has 1 aliphatic rings. The molecule has 0 aliphatic carbocycles. The summed E-state index contributed by atoms with van der Waals surface area (Å²) in [6.07, 6.45) is 0. The first-order valence-electron chi connectivity index (χ1n) is 4.49. The van der Waals surface area contributed by atoms with Crippen molar-refractivity contribution < 1.29 is 9.53 Å². The van der Waals surface area contributed by atoms with Crippen LogP contribution in [-0.4, -0.2) is 62.1 Å². The second-order valence-electron chi connectivity index (χ2n) is 3.16. The first kappa shape index (κ1) is 10.5. The lowest BCUT2D eigenvalue weighted by Gasteiger charge is -2.33. The SMILES string of the molecule is [CH]C(=O)N1CCN(CCOC)CC1. The minimum Gasteiger partial charge on any atom is -0.383 e. The number of carbonyl (C=O) groups is 1. The fraction of sp³-hybridized carbons (Fsp3) is 0.778. The quantitative estimate of drug-likeness (QED) is 0.592. The number of nitrogens with zero attached hydrogens (tertiary/aromatic N) is 2. The fourth-order valence-corrected chi connectivity index (χ4v) is 1.41. The summed E-state index contributed by atoms with van der Waals surface area (Å²) >= 11 is 0. The van der Waals surface area contributed by atoms with E-state index >= 15 is 0 Å². The molecule has 0 saturated carbocycles. The van der Waals surface area contributed by atoms with Gasteiger partial charge in [0.1, 0.15) is 0 Å². The summed E-state index contributed by atoms with van der Waals surface area (Å²) in [5.41, 5.74) is 0. The van der Waals surface area contributed by atoms with Gasteiger partial charge >= 0.3 is 0 Å². The molecule has 1 rings (SSSR count). The minimum atomic E-state index is -0.314. The highest BCUT2D eigenvalue weighted by molar-refractivity contribution is 5.80. The maximum absolute atomic E-state index is 10.8. The van der Waals surface area contributed by atoms with Gasteiger partial charge in [-0.2, -0.15) is 0 Å². The summed E-state index contributed by atoms with van der Waals surface area (Å²) in [6, 6.07) is 0. The van der Waals surface area contributed by atoms with Gasteiger partial charge in [-0.25, -0.2) is 0 Å². The average molecular weight is 184 g/mol. The van der Waals surface area contributed by atoms with Gasteiger partial charge in [0.15, 0.2) is 0 Å². The van der Waals surface area contributed by atoms with Gasteiger partial charge in [-0.3, -0.25) is 9.69 Å². The van der Waals surface area contributed by atoms with Gasteiger partial charge in [0, 0.05) is 39.8 Å². The third-order valence-electron chi connectivity index (χ3n) is 2.30. The molecule has 13 heavy (non-hydrogen) atoms. The van der Waals surface area contributed by atoms with Gasteiger partial charge in [-0.15, -0.1) is 0 Å². The zero-order valence-corrected chi connectivity index (χ0v) is 8.03. The molecular formula is C9H16N2O2. The number of methoxy groups -OCH3 is 1. The molecule has 4 heteroatoms. The zero-order chi connectivity index (χ0) is 9.68. The van der Waals surface area contributed by atoms with Crippen LogP contribution >= 0.6 is 0 Å². The molecular weight excluding hydrogens is 168 g/mol. The third-order valence-corrected chi connectivity index (χ3v) is 2.30. The Bertz CT molecular complexity index is 165. The van der Waals surface area contributed by atoms with E-state index in [0.717, 1.165) is 39.3 Å². The van der Waals surface area contributed by atoms with Gasteiger partial charge < -0.3 is 9.64 Å². The first-order valence-corrected chi connectivity index (χ1v) is 4.49. The summed E-state index contributed by atoms with van der Waals surface area (Å²) < 4.78 is 4.97. The fourth-order valence-electron chi connectivity index (χ4n) is 1.41. The van der Waals surface area contributed by atoms with Crippen LogP contribution < -0.4 is 0 Å². The topological polar surface area (TPSA) is 32.8 Å². The molecule has 1 aliphatic heterocycles. The van der Waals surface area contributed by atoms with Crippen molar-refractivity contribution in [3.8, 4) is 0 Å². The van der Waals surface area contributed by atoms with Gasteiger partial charge in [0.05, 0.1) is 13.5 Å². The zero-order valence-electron chi connectivity index (χ0n) is 8.03. The molecule has 1 fully saturated rings. The van der Waals surface area contributed by atoms with E-state index in [1.807, 2.05) is 0 Å². The van der Waals surface area contributed by atoms with Crippen LogP contribution in [0.3, 0.4) is 0 Å². The molecule has 1 saturated heterocycles. The molecule has 0 unspecified atom stereocenters. The van der Waals surface area contributed by atoms with Crippen LogP contribution in [0.25, 0.3) is 0 Å². The van der Waals surface area contributed by atoms with Crippen molar-refractivity contribution in [2.45, 2.75) is 0 Å². The number of amides is 1. The molecule has 2 radical (unpaired) electrons. The lowest BCUT2D eigenvalue weighted by Crippen LogP contribution is -2.48. The Labute approximate surface area is 79.4 Å².